The number of pyridine rings is 1. The lowest BCUT2D eigenvalue weighted by molar-refractivity contribution is -0.384. The van der Waals surface area contributed by atoms with Gasteiger partial charge in [0.25, 0.3) is 5.69 Å². The maximum atomic E-state index is 10.7. The summed E-state index contributed by atoms with van der Waals surface area (Å²) in [5.41, 5.74) is 0.575. The van der Waals surface area contributed by atoms with Gasteiger partial charge in [0.2, 0.25) is 5.88 Å². The smallest absolute Gasteiger partial charge is 0.273 e. The Bertz CT molecular complexity index is 646. The Morgan fingerprint density at radius 2 is 2.15 bits per heavy atom. The van der Waals surface area contributed by atoms with Crippen molar-refractivity contribution in [3.8, 4) is 11.6 Å². The van der Waals surface area contributed by atoms with Crippen LogP contribution < -0.4 is 4.74 Å². The van der Waals surface area contributed by atoms with Crippen molar-refractivity contribution in [3.63, 3.8) is 0 Å². The lowest BCUT2D eigenvalue weighted by atomic mass is 10.2. The zero-order valence-electron chi connectivity index (χ0n) is 10.5. The molecule has 1 N–H and O–H groups in total. The van der Waals surface area contributed by atoms with Gasteiger partial charge in [-0.15, -0.1) is 0 Å². The van der Waals surface area contributed by atoms with Crippen LogP contribution >= 0.6 is 15.9 Å². The summed E-state index contributed by atoms with van der Waals surface area (Å²) in [6.07, 6.45) is 0.858. The summed E-state index contributed by atoms with van der Waals surface area (Å²) in [6.45, 7) is 1.63. The van der Waals surface area contributed by atoms with Crippen molar-refractivity contribution in [2.24, 2.45) is 0 Å². The van der Waals surface area contributed by atoms with Crippen molar-refractivity contribution >= 4 is 21.6 Å². The average molecular weight is 339 g/mol. The average Bonchev–Trinajstić information content (AvgIpc) is 2.41. The summed E-state index contributed by atoms with van der Waals surface area (Å²) in [5, 5.41) is 20.3. The molecule has 2 aromatic rings. The number of nitrogens with zero attached hydrogens (tertiary/aromatic N) is 2. The van der Waals surface area contributed by atoms with Crippen molar-refractivity contribution in [1.29, 1.82) is 0 Å². The van der Waals surface area contributed by atoms with Crippen LogP contribution in [0.5, 0.6) is 11.6 Å². The molecule has 104 valence electrons. The SMILES string of the molecule is CC(O)c1ccnc(Oc2cc([N+](=O)[O-])ccc2Br)c1. The molecule has 20 heavy (non-hydrogen) atoms. The number of hydrogen-bond acceptors (Lipinski definition) is 5. The normalized spacial score (nSPS) is 11.9. The maximum absolute atomic E-state index is 10.7. The fourth-order valence-electron chi connectivity index (χ4n) is 1.54. The molecule has 0 aliphatic heterocycles. The molecule has 1 aromatic carbocycles. The second-order valence-corrected chi connectivity index (χ2v) is 4.93. The summed E-state index contributed by atoms with van der Waals surface area (Å²) in [5.74, 6) is 0.541. The lowest BCUT2D eigenvalue weighted by Gasteiger charge is -2.09. The first kappa shape index (κ1) is 14.4. The summed E-state index contributed by atoms with van der Waals surface area (Å²) >= 11 is 3.26. The largest absolute Gasteiger partial charge is 0.438 e. The molecule has 0 saturated carbocycles. The first-order valence-corrected chi connectivity index (χ1v) is 6.52. The first-order valence-electron chi connectivity index (χ1n) is 5.73. The quantitative estimate of drug-likeness (QED) is 0.679. The Labute approximate surface area is 123 Å². The highest BCUT2D eigenvalue weighted by Crippen LogP contribution is 2.32. The van der Waals surface area contributed by atoms with Gasteiger partial charge in [0, 0.05) is 18.3 Å². The summed E-state index contributed by atoms with van der Waals surface area (Å²) < 4.78 is 6.09. The molecular formula is C13H11BrN2O4. The molecule has 0 amide bonds. The molecular weight excluding hydrogens is 328 g/mol. The number of benzene rings is 1. The molecule has 0 bridgehead atoms. The molecule has 6 nitrogen and oxygen atoms in total. The van der Waals surface area contributed by atoms with E-state index in [1.165, 1.54) is 24.4 Å². The molecule has 0 spiro atoms. The molecule has 0 aliphatic carbocycles. The van der Waals surface area contributed by atoms with E-state index in [-0.39, 0.29) is 17.3 Å². The standard InChI is InChI=1S/C13H11BrN2O4/c1-8(17)9-4-5-15-13(6-9)20-12-7-10(16(18)19)2-3-11(12)14/h2-8,17H,1H3. The third-order valence-electron chi connectivity index (χ3n) is 2.58. The van der Waals surface area contributed by atoms with Crippen LogP contribution in [0.3, 0.4) is 0 Å². The van der Waals surface area contributed by atoms with E-state index in [2.05, 4.69) is 20.9 Å². The highest BCUT2D eigenvalue weighted by Gasteiger charge is 2.12. The second-order valence-electron chi connectivity index (χ2n) is 4.08. The first-order chi connectivity index (χ1) is 9.47. The van der Waals surface area contributed by atoms with Crippen LogP contribution in [0.25, 0.3) is 0 Å². The zero-order chi connectivity index (χ0) is 14.7. The predicted octanol–water partition coefficient (Wildman–Crippen LogP) is 3.60. The van der Waals surface area contributed by atoms with Gasteiger partial charge in [-0.3, -0.25) is 10.1 Å². The number of nitro benzene ring substituents is 1. The van der Waals surface area contributed by atoms with Gasteiger partial charge in [-0.1, -0.05) is 0 Å². The fraction of sp³-hybridized carbons (Fsp3) is 0.154. The number of aliphatic hydroxyl groups excluding tert-OH is 1. The molecule has 1 heterocycles. The van der Waals surface area contributed by atoms with Gasteiger partial charge in [0.15, 0.2) is 5.75 Å². The molecule has 2 rings (SSSR count). The lowest BCUT2D eigenvalue weighted by Crippen LogP contribution is -1.95. The fourth-order valence-corrected chi connectivity index (χ4v) is 1.86. The van der Waals surface area contributed by atoms with E-state index in [1.807, 2.05) is 0 Å². The van der Waals surface area contributed by atoms with Crippen molar-refractivity contribution in [2.75, 3.05) is 0 Å². The van der Waals surface area contributed by atoms with E-state index >= 15 is 0 Å². The van der Waals surface area contributed by atoms with Crippen molar-refractivity contribution in [3.05, 3.63) is 56.7 Å². The Balaban J connectivity index is 2.32. The molecule has 1 unspecified atom stereocenters. The summed E-state index contributed by atoms with van der Waals surface area (Å²) in [4.78, 5) is 14.3. The molecule has 0 saturated heterocycles. The van der Waals surface area contributed by atoms with Gasteiger partial charge >= 0.3 is 0 Å². The van der Waals surface area contributed by atoms with E-state index < -0.39 is 11.0 Å². The number of rotatable bonds is 4. The van der Waals surface area contributed by atoms with Gasteiger partial charge in [0.05, 0.1) is 21.6 Å². The minimum Gasteiger partial charge on any atom is -0.438 e. The van der Waals surface area contributed by atoms with Crippen LogP contribution in [0.1, 0.15) is 18.6 Å². The number of hydrogen-bond donors (Lipinski definition) is 1. The Kier molecular flexibility index (Phi) is 4.31. The van der Waals surface area contributed by atoms with E-state index in [9.17, 15) is 15.2 Å². The van der Waals surface area contributed by atoms with Gasteiger partial charge in [-0.2, -0.15) is 0 Å². The van der Waals surface area contributed by atoms with E-state index in [4.69, 9.17) is 4.74 Å². The minimum atomic E-state index is -0.645. The van der Waals surface area contributed by atoms with E-state index in [0.29, 0.717) is 10.0 Å². The van der Waals surface area contributed by atoms with Crippen molar-refractivity contribution in [1.82, 2.24) is 4.98 Å². The number of ether oxygens (including phenoxy) is 1. The topological polar surface area (TPSA) is 85.5 Å². The summed E-state index contributed by atoms with van der Waals surface area (Å²) in [6, 6.07) is 7.46. The predicted molar refractivity (Wildman–Crippen MR) is 75.7 cm³/mol. The Morgan fingerprint density at radius 1 is 1.40 bits per heavy atom. The van der Waals surface area contributed by atoms with Crippen molar-refractivity contribution in [2.45, 2.75) is 13.0 Å². The molecule has 0 fully saturated rings. The van der Waals surface area contributed by atoms with Crippen LogP contribution in [-0.2, 0) is 0 Å². The highest BCUT2D eigenvalue weighted by molar-refractivity contribution is 9.10. The van der Waals surface area contributed by atoms with Gasteiger partial charge in [-0.25, -0.2) is 4.98 Å². The maximum Gasteiger partial charge on any atom is 0.273 e. The van der Waals surface area contributed by atoms with Crippen LogP contribution in [0.2, 0.25) is 0 Å². The van der Waals surface area contributed by atoms with Gasteiger partial charge in [0.1, 0.15) is 0 Å². The number of non-ortho nitro benzene ring substituents is 1. The van der Waals surface area contributed by atoms with Gasteiger partial charge < -0.3 is 9.84 Å². The summed E-state index contributed by atoms with van der Waals surface area (Å²) in [7, 11) is 0. The van der Waals surface area contributed by atoms with Crippen LogP contribution in [0, 0.1) is 10.1 Å². The van der Waals surface area contributed by atoms with Gasteiger partial charge in [-0.05, 0) is 40.5 Å². The molecule has 0 aliphatic rings. The molecule has 7 heteroatoms. The molecule has 1 atom stereocenters. The van der Waals surface area contributed by atoms with Crippen LogP contribution in [-0.4, -0.2) is 15.0 Å². The monoisotopic (exact) mass is 338 g/mol. The minimum absolute atomic E-state index is 0.0742. The molecule has 0 radical (unpaired) electrons. The van der Waals surface area contributed by atoms with E-state index in [1.54, 1.807) is 19.1 Å². The number of nitro groups is 1. The highest BCUT2D eigenvalue weighted by atomic mass is 79.9. The number of aromatic nitrogens is 1. The number of halogens is 1. The number of aliphatic hydroxyl groups is 1. The third-order valence-corrected chi connectivity index (χ3v) is 3.24. The Hall–Kier alpha value is -1.99. The molecule has 1 aromatic heterocycles. The second kappa shape index (κ2) is 5.98. The zero-order valence-corrected chi connectivity index (χ0v) is 12.1. The third kappa shape index (κ3) is 3.31. The van der Waals surface area contributed by atoms with Crippen LogP contribution in [0.4, 0.5) is 5.69 Å². The van der Waals surface area contributed by atoms with Crippen molar-refractivity contribution < 1.29 is 14.8 Å². The Morgan fingerprint density at radius 3 is 2.80 bits per heavy atom. The van der Waals surface area contributed by atoms with Crippen LogP contribution in [0.15, 0.2) is 41.0 Å². The van der Waals surface area contributed by atoms with E-state index in [0.717, 1.165) is 0 Å².